The molecule has 0 saturated heterocycles. The van der Waals surface area contributed by atoms with E-state index in [2.05, 4.69) is 15.5 Å². The van der Waals surface area contributed by atoms with E-state index < -0.39 is 0 Å². The molecule has 1 N–H and O–H groups in total. The van der Waals surface area contributed by atoms with E-state index in [1.165, 1.54) is 6.08 Å². The van der Waals surface area contributed by atoms with E-state index in [0.29, 0.717) is 0 Å². The zero-order valence-corrected chi connectivity index (χ0v) is 12.2. The number of amides is 1. The van der Waals surface area contributed by atoms with Crippen molar-refractivity contribution >= 4 is 17.7 Å². The summed E-state index contributed by atoms with van der Waals surface area (Å²) in [5.74, 6) is -0.171. The van der Waals surface area contributed by atoms with Crippen molar-refractivity contribution in [2.24, 2.45) is 7.05 Å². The molecule has 0 aliphatic rings. The molecule has 2 rings (SSSR count). The lowest BCUT2D eigenvalue weighted by Gasteiger charge is -2.03. The Balaban J connectivity index is 2.08. The van der Waals surface area contributed by atoms with Gasteiger partial charge >= 0.3 is 0 Å². The molecule has 0 bridgehead atoms. The highest BCUT2D eigenvalue weighted by Crippen LogP contribution is 2.19. The maximum absolute atomic E-state index is 11.9. The molecule has 2 aromatic rings. The Hall–Kier alpha value is -2.37. The minimum atomic E-state index is -0.171. The van der Waals surface area contributed by atoms with Gasteiger partial charge in [-0.05, 0) is 26.8 Å². The predicted molar refractivity (Wildman–Crippen MR) is 78.2 cm³/mol. The molecule has 0 aromatic carbocycles. The molecule has 1 amide bonds. The van der Waals surface area contributed by atoms with Gasteiger partial charge in [-0.15, -0.1) is 0 Å². The van der Waals surface area contributed by atoms with Crippen LogP contribution in [0.2, 0.25) is 0 Å². The third kappa shape index (κ3) is 2.96. The number of aryl methyl sites for hydroxylation is 3. The van der Waals surface area contributed by atoms with Crippen LogP contribution in [0.3, 0.4) is 0 Å². The fourth-order valence-electron chi connectivity index (χ4n) is 2.05. The Bertz CT molecular complexity index is 651. The zero-order chi connectivity index (χ0) is 14.7. The normalized spacial score (nSPS) is 11.2. The minimum absolute atomic E-state index is 0.171. The van der Waals surface area contributed by atoms with Crippen molar-refractivity contribution in [3.8, 4) is 0 Å². The summed E-state index contributed by atoms with van der Waals surface area (Å²) in [7, 11) is 1.84. The van der Waals surface area contributed by atoms with E-state index in [4.69, 9.17) is 0 Å². The summed E-state index contributed by atoms with van der Waals surface area (Å²) >= 11 is 0. The van der Waals surface area contributed by atoms with Crippen molar-refractivity contribution in [2.75, 3.05) is 5.32 Å². The maximum atomic E-state index is 11.9. The van der Waals surface area contributed by atoms with Gasteiger partial charge in [-0.1, -0.05) is 0 Å². The number of aromatic nitrogens is 4. The van der Waals surface area contributed by atoms with Gasteiger partial charge in [0.25, 0.3) is 0 Å². The number of carbonyl (C=O) groups excluding carboxylic acids is 1. The van der Waals surface area contributed by atoms with Crippen LogP contribution in [0, 0.1) is 13.8 Å². The largest absolute Gasteiger partial charge is 0.319 e. The van der Waals surface area contributed by atoms with Crippen LogP contribution in [-0.2, 0) is 18.4 Å². The van der Waals surface area contributed by atoms with Crippen molar-refractivity contribution in [1.82, 2.24) is 19.6 Å². The van der Waals surface area contributed by atoms with Gasteiger partial charge in [-0.2, -0.15) is 10.2 Å². The van der Waals surface area contributed by atoms with Crippen LogP contribution in [0.25, 0.3) is 6.08 Å². The van der Waals surface area contributed by atoms with Gasteiger partial charge in [0.2, 0.25) is 5.91 Å². The number of nitrogens with zero attached hydrogens (tertiary/aromatic N) is 4. The summed E-state index contributed by atoms with van der Waals surface area (Å²) in [6.07, 6.45) is 6.78. The fraction of sp³-hybridized carbons (Fsp3) is 0.357. The number of rotatable bonds is 4. The lowest BCUT2D eigenvalue weighted by Crippen LogP contribution is -2.09. The van der Waals surface area contributed by atoms with Gasteiger partial charge in [0.1, 0.15) is 0 Å². The average Bonchev–Trinajstić information content (AvgIpc) is 2.94. The molecule has 0 aliphatic carbocycles. The molecule has 0 fully saturated rings. The fourth-order valence-corrected chi connectivity index (χ4v) is 2.05. The second-order valence-electron chi connectivity index (χ2n) is 4.63. The van der Waals surface area contributed by atoms with Crippen LogP contribution in [0.5, 0.6) is 0 Å². The molecule has 0 saturated carbocycles. The van der Waals surface area contributed by atoms with Gasteiger partial charge in [0, 0.05) is 31.4 Å². The van der Waals surface area contributed by atoms with E-state index in [1.807, 2.05) is 38.7 Å². The van der Waals surface area contributed by atoms with Crippen LogP contribution in [0.4, 0.5) is 5.69 Å². The van der Waals surface area contributed by atoms with Gasteiger partial charge in [-0.3, -0.25) is 14.2 Å². The van der Waals surface area contributed by atoms with E-state index in [0.717, 1.165) is 29.2 Å². The first-order valence-electron chi connectivity index (χ1n) is 6.53. The minimum Gasteiger partial charge on any atom is -0.319 e. The lowest BCUT2D eigenvalue weighted by atomic mass is 10.3. The third-order valence-corrected chi connectivity index (χ3v) is 3.08. The number of carbonyl (C=O) groups is 1. The molecule has 6 nitrogen and oxygen atoms in total. The molecule has 6 heteroatoms. The van der Waals surface area contributed by atoms with E-state index >= 15 is 0 Å². The summed E-state index contributed by atoms with van der Waals surface area (Å²) in [5.41, 5.74) is 3.47. The molecule has 0 aliphatic heterocycles. The Morgan fingerprint density at radius 1 is 1.45 bits per heavy atom. The van der Waals surface area contributed by atoms with E-state index in [9.17, 15) is 4.79 Å². The Morgan fingerprint density at radius 2 is 2.20 bits per heavy atom. The van der Waals surface area contributed by atoms with Crippen molar-refractivity contribution in [2.45, 2.75) is 27.3 Å². The van der Waals surface area contributed by atoms with Crippen molar-refractivity contribution < 1.29 is 4.79 Å². The van der Waals surface area contributed by atoms with Gasteiger partial charge in [0.05, 0.1) is 23.3 Å². The van der Waals surface area contributed by atoms with E-state index in [1.54, 1.807) is 17.0 Å². The molecule has 106 valence electrons. The summed E-state index contributed by atoms with van der Waals surface area (Å²) in [6, 6.07) is 0. The third-order valence-electron chi connectivity index (χ3n) is 3.08. The van der Waals surface area contributed by atoms with Crippen LogP contribution in [-0.4, -0.2) is 25.5 Å². The summed E-state index contributed by atoms with van der Waals surface area (Å²) < 4.78 is 3.56. The highest BCUT2D eigenvalue weighted by atomic mass is 16.1. The van der Waals surface area contributed by atoms with Crippen molar-refractivity contribution in [1.29, 1.82) is 0 Å². The summed E-state index contributed by atoms with van der Waals surface area (Å²) in [6.45, 7) is 6.64. The lowest BCUT2D eigenvalue weighted by molar-refractivity contribution is -0.111. The van der Waals surface area contributed by atoms with Gasteiger partial charge in [0.15, 0.2) is 0 Å². The SMILES string of the molecule is CCn1nc(C)c(NC(=O)C=Cc2cnn(C)c2)c1C. The Labute approximate surface area is 118 Å². The topological polar surface area (TPSA) is 64.7 Å². The summed E-state index contributed by atoms with van der Waals surface area (Å²) in [5, 5.41) is 11.3. The molecule has 2 aromatic heterocycles. The molecule has 20 heavy (non-hydrogen) atoms. The smallest absolute Gasteiger partial charge is 0.248 e. The van der Waals surface area contributed by atoms with Gasteiger partial charge in [-0.25, -0.2) is 0 Å². The molecule has 0 unspecified atom stereocenters. The molecule has 0 spiro atoms. The second-order valence-corrected chi connectivity index (χ2v) is 4.63. The number of anilines is 1. The Kier molecular flexibility index (Phi) is 4.02. The quantitative estimate of drug-likeness (QED) is 0.865. The standard InChI is InChI=1S/C14H19N5O/c1-5-19-11(3)14(10(2)17-19)16-13(20)7-6-12-8-15-18(4)9-12/h6-9H,5H2,1-4H3,(H,16,20). The first-order chi connectivity index (χ1) is 9.51. The molecular formula is C14H19N5O. The van der Waals surface area contributed by atoms with Crippen LogP contribution in [0.15, 0.2) is 18.5 Å². The Morgan fingerprint density at radius 3 is 2.75 bits per heavy atom. The van der Waals surface area contributed by atoms with Crippen LogP contribution in [0.1, 0.15) is 23.9 Å². The number of nitrogens with one attached hydrogen (secondary N) is 1. The highest BCUT2D eigenvalue weighted by molar-refractivity contribution is 6.02. The maximum Gasteiger partial charge on any atom is 0.248 e. The highest BCUT2D eigenvalue weighted by Gasteiger charge is 2.11. The van der Waals surface area contributed by atoms with Crippen molar-refractivity contribution in [3.05, 3.63) is 35.4 Å². The molecule has 0 atom stereocenters. The second kappa shape index (κ2) is 5.73. The van der Waals surface area contributed by atoms with Crippen molar-refractivity contribution in [3.63, 3.8) is 0 Å². The summed E-state index contributed by atoms with van der Waals surface area (Å²) in [4.78, 5) is 11.9. The average molecular weight is 273 g/mol. The number of hydrogen-bond donors (Lipinski definition) is 1. The first-order valence-corrected chi connectivity index (χ1v) is 6.53. The van der Waals surface area contributed by atoms with Crippen LogP contribution < -0.4 is 5.32 Å². The first kappa shape index (κ1) is 14.0. The molecule has 0 radical (unpaired) electrons. The van der Waals surface area contributed by atoms with E-state index in [-0.39, 0.29) is 5.91 Å². The number of hydrogen-bond acceptors (Lipinski definition) is 3. The van der Waals surface area contributed by atoms with Gasteiger partial charge < -0.3 is 5.32 Å². The predicted octanol–water partition coefficient (Wildman–Crippen LogP) is 1.91. The molecule has 2 heterocycles. The molecular weight excluding hydrogens is 254 g/mol. The van der Waals surface area contributed by atoms with Crippen LogP contribution >= 0.6 is 0 Å². The monoisotopic (exact) mass is 273 g/mol. The zero-order valence-electron chi connectivity index (χ0n) is 12.2.